The lowest BCUT2D eigenvalue weighted by molar-refractivity contribution is -0.145. The number of carboxylic acid groups (broad SMARTS) is 1. The van der Waals surface area contributed by atoms with Gasteiger partial charge in [0, 0.05) is 43.9 Å². The average molecular weight is 667 g/mol. The summed E-state index contributed by atoms with van der Waals surface area (Å²) in [6, 6.07) is 9.18. The topological polar surface area (TPSA) is 127 Å². The summed E-state index contributed by atoms with van der Waals surface area (Å²) < 4.78 is 94.9. The number of carbonyl (C=O) groups is 1. The molecule has 0 aliphatic carbocycles. The molecule has 3 N–H and O–H groups in total. The molecule has 0 radical (unpaired) electrons. The van der Waals surface area contributed by atoms with Crippen molar-refractivity contribution in [2.45, 2.75) is 68.6 Å². The molecule has 1 saturated heterocycles. The van der Waals surface area contributed by atoms with Gasteiger partial charge in [0.05, 0.1) is 13.0 Å². The molecule has 2 aliphatic heterocycles. The SMILES string of the molecule is Cc1ccc(C(CC(=O)O)c2ccn3c(C(F)(F)F)nnc3c2C)cc1CN1CC2CCC(F)(F)CN2c2ncccc2S1(O)O. The Kier molecular flexibility index (Phi) is 7.98. The number of aliphatic carboxylic acids is 1. The van der Waals surface area contributed by atoms with Gasteiger partial charge in [0.15, 0.2) is 11.5 Å². The monoisotopic (exact) mass is 666 g/mol. The van der Waals surface area contributed by atoms with E-state index in [-0.39, 0.29) is 48.7 Å². The average Bonchev–Trinajstić information content (AvgIpc) is 3.40. The van der Waals surface area contributed by atoms with Crippen molar-refractivity contribution < 1.29 is 41.0 Å². The molecule has 46 heavy (non-hydrogen) atoms. The minimum absolute atomic E-state index is 0.00595. The second-order valence-corrected chi connectivity index (χ2v) is 13.8. The molecule has 4 aromatic rings. The minimum atomic E-state index is -4.74. The summed E-state index contributed by atoms with van der Waals surface area (Å²) in [5.74, 6) is -5.98. The van der Waals surface area contributed by atoms with Crippen LogP contribution in [0.15, 0.2) is 53.7 Å². The van der Waals surface area contributed by atoms with Gasteiger partial charge >= 0.3 is 12.1 Å². The quantitative estimate of drug-likeness (QED) is 0.197. The molecular weight excluding hydrogens is 635 g/mol. The van der Waals surface area contributed by atoms with Crippen LogP contribution in [-0.2, 0) is 17.5 Å². The number of aromatic nitrogens is 4. The first-order chi connectivity index (χ1) is 21.6. The largest absolute Gasteiger partial charge is 0.481 e. The molecule has 3 aromatic heterocycles. The first kappa shape index (κ1) is 32.1. The second-order valence-electron chi connectivity index (χ2n) is 11.8. The van der Waals surface area contributed by atoms with Gasteiger partial charge < -0.3 is 10.0 Å². The van der Waals surface area contributed by atoms with Crippen LogP contribution in [-0.4, -0.2) is 69.1 Å². The molecule has 2 atom stereocenters. The number of rotatable bonds is 6. The first-order valence-corrected chi connectivity index (χ1v) is 15.9. The molecular formula is C30H31F5N6O4S. The van der Waals surface area contributed by atoms with Crippen LogP contribution < -0.4 is 4.90 Å². The van der Waals surface area contributed by atoms with Gasteiger partial charge in [-0.25, -0.2) is 13.8 Å². The number of fused-ring (bicyclic) bond motifs is 4. The molecule has 10 nitrogen and oxygen atoms in total. The number of pyridine rings is 2. The Morgan fingerprint density at radius 3 is 2.63 bits per heavy atom. The Morgan fingerprint density at radius 2 is 1.91 bits per heavy atom. The van der Waals surface area contributed by atoms with E-state index in [1.807, 2.05) is 6.92 Å². The van der Waals surface area contributed by atoms with Crippen LogP contribution >= 0.6 is 10.8 Å². The number of anilines is 1. The molecule has 246 valence electrons. The van der Waals surface area contributed by atoms with Gasteiger partial charge in [-0.1, -0.05) is 18.2 Å². The van der Waals surface area contributed by atoms with E-state index in [9.17, 15) is 41.0 Å². The zero-order chi connectivity index (χ0) is 33.2. The van der Waals surface area contributed by atoms with Crippen LogP contribution in [0.3, 0.4) is 0 Å². The van der Waals surface area contributed by atoms with Crippen molar-refractivity contribution in [2.24, 2.45) is 0 Å². The molecule has 0 amide bonds. The summed E-state index contributed by atoms with van der Waals surface area (Å²) >= 11 is 0. The number of nitrogens with zero attached hydrogens (tertiary/aromatic N) is 6. The highest BCUT2D eigenvalue weighted by Gasteiger charge is 2.46. The van der Waals surface area contributed by atoms with Gasteiger partial charge in [0.2, 0.25) is 5.82 Å². The number of hydrogen-bond donors (Lipinski definition) is 3. The summed E-state index contributed by atoms with van der Waals surface area (Å²) in [6.45, 7) is 2.82. The third-order valence-corrected chi connectivity index (χ3v) is 10.7. The molecule has 0 bridgehead atoms. The third-order valence-electron chi connectivity index (χ3n) is 8.78. The van der Waals surface area contributed by atoms with E-state index in [1.54, 1.807) is 25.1 Å². The van der Waals surface area contributed by atoms with Crippen molar-refractivity contribution in [3.05, 3.63) is 82.4 Å². The van der Waals surface area contributed by atoms with E-state index in [1.165, 1.54) is 39.8 Å². The number of piperidine rings is 1. The molecule has 0 saturated carbocycles. The fourth-order valence-electron chi connectivity index (χ4n) is 6.39. The molecule has 2 aliphatic rings. The number of carboxylic acids is 1. The Morgan fingerprint density at radius 1 is 1.15 bits per heavy atom. The number of hydrogen-bond acceptors (Lipinski definition) is 8. The molecule has 5 heterocycles. The highest BCUT2D eigenvalue weighted by Crippen LogP contribution is 2.58. The van der Waals surface area contributed by atoms with Gasteiger partial charge in [0.25, 0.3) is 5.92 Å². The maximum atomic E-state index is 14.5. The molecule has 16 heteroatoms. The van der Waals surface area contributed by atoms with E-state index in [4.69, 9.17) is 0 Å². The summed E-state index contributed by atoms with van der Waals surface area (Å²) in [5.41, 5.74) is 2.66. The van der Waals surface area contributed by atoms with E-state index in [0.717, 1.165) is 9.96 Å². The number of aryl methyl sites for hydroxylation is 2. The summed E-state index contributed by atoms with van der Waals surface area (Å²) in [6.07, 6.45) is -2.78. The van der Waals surface area contributed by atoms with Gasteiger partial charge in [-0.3, -0.25) is 18.3 Å². The summed E-state index contributed by atoms with van der Waals surface area (Å²) in [4.78, 5) is 17.8. The number of benzene rings is 1. The molecule has 1 fully saturated rings. The van der Waals surface area contributed by atoms with Crippen LogP contribution in [0.1, 0.15) is 58.8 Å². The van der Waals surface area contributed by atoms with Crippen LogP contribution in [0.4, 0.5) is 27.8 Å². The van der Waals surface area contributed by atoms with Crippen LogP contribution in [0.5, 0.6) is 0 Å². The smallest absolute Gasteiger partial charge is 0.452 e. The van der Waals surface area contributed by atoms with Crippen molar-refractivity contribution in [1.29, 1.82) is 0 Å². The van der Waals surface area contributed by atoms with Crippen LogP contribution in [0, 0.1) is 13.8 Å². The van der Waals surface area contributed by atoms with Crippen LogP contribution in [0.2, 0.25) is 0 Å². The third kappa shape index (κ3) is 5.78. The summed E-state index contributed by atoms with van der Waals surface area (Å²) in [5, 5.41) is 16.9. The van der Waals surface area contributed by atoms with Crippen molar-refractivity contribution in [2.75, 3.05) is 18.0 Å². The van der Waals surface area contributed by atoms with Gasteiger partial charge in [-0.15, -0.1) is 21.0 Å². The van der Waals surface area contributed by atoms with Crippen molar-refractivity contribution in [1.82, 2.24) is 23.9 Å². The van der Waals surface area contributed by atoms with E-state index in [0.29, 0.717) is 22.3 Å². The zero-order valence-electron chi connectivity index (χ0n) is 24.7. The summed E-state index contributed by atoms with van der Waals surface area (Å²) in [7, 11) is -3.69. The lowest BCUT2D eigenvalue weighted by Gasteiger charge is -2.43. The van der Waals surface area contributed by atoms with Crippen molar-refractivity contribution in [3.8, 4) is 0 Å². The standard InChI is InChI=1S/C30H31F5N6O4S/c1-17-5-6-19(23(13-25(42)43)22-8-11-40-26(18(22)2)37-38-28(40)30(33,34)35)12-20(17)14-39-15-21-7-9-29(31,32)16-41(21)27-24(46(39,44)45)4-3-10-36-27/h3-6,8,10-12,21,23,44-45H,7,9,13-16H2,1-2H3,(H,42,43). The van der Waals surface area contributed by atoms with Gasteiger partial charge in [0.1, 0.15) is 4.90 Å². The highest BCUT2D eigenvalue weighted by atomic mass is 32.3. The number of alkyl halides is 5. The zero-order valence-corrected chi connectivity index (χ0v) is 25.6. The fourth-order valence-corrected chi connectivity index (χ4v) is 8.04. The predicted octanol–water partition coefficient (Wildman–Crippen LogP) is 6.51. The Hall–Kier alpha value is -3.86. The Labute approximate surface area is 262 Å². The molecule has 0 spiro atoms. The molecule has 6 rings (SSSR count). The minimum Gasteiger partial charge on any atom is -0.481 e. The van der Waals surface area contributed by atoms with E-state index < -0.39 is 53.2 Å². The second kappa shape index (κ2) is 11.4. The lowest BCUT2D eigenvalue weighted by atomic mass is 9.85. The predicted molar refractivity (Wildman–Crippen MR) is 159 cm³/mol. The lowest BCUT2D eigenvalue weighted by Crippen LogP contribution is -2.52. The maximum Gasteiger partial charge on any atom is 0.452 e. The van der Waals surface area contributed by atoms with Crippen molar-refractivity contribution in [3.63, 3.8) is 0 Å². The van der Waals surface area contributed by atoms with Gasteiger partial charge in [-0.05, 0) is 66.3 Å². The maximum absolute atomic E-state index is 14.5. The first-order valence-electron chi connectivity index (χ1n) is 14.4. The Bertz CT molecular complexity index is 1820. The molecule has 1 aromatic carbocycles. The van der Waals surface area contributed by atoms with E-state index >= 15 is 0 Å². The fraction of sp³-hybridized carbons (Fsp3) is 0.400. The van der Waals surface area contributed by atoms with E-state index in [2.05, 4.69) is 15.2 Å². The van der Waals surface area contributed by atoms with Gasteiger partial charge in [-0.2, -0.15) is 17.5 Å². The number of halogens is 5. The van der Waals surface area contributed by atoms with Crippen molar-refractivity contribution >= 4 is 28.2 Å². The Balaban J connectivity index is 1.39. The van der Waals surface area contributed by atoms with Crippen LogP contribution in [0.25, 0.3) is 5.65 Å². The molecule has 2 unspecified atom stereocenters. The normalized spacial score (nSPS) is 20.9. The highest BCUT2D eigenvalue weighted by molar-refractivity contribution is 8.22.